The van der Waals surface area contributed by atoms with E-state index in [0.29, 0.717) is 32.1 Å². The number of cyclic esters (lactones) is 2. The third kappa shape index (κ3) is 11.7. The Kier molecular flexibility index (Phi) is 14.7. The van der Waals surface area contributed by atoms with Crippen LogP contribution < -0.4 is 19.6 Å². The first-order chi connectivity index (χ1) is 27.7. The number of rotatable bonds is 14. The van der Waals surface area contributed by atoms with Crippen molar-refractivity contribution in [3.05, 3.63) is 47.5 Å². The third-order valence-electron chi connectivity index (χ3n) is 10.5. The third-order valence-corrected chi connectivity index (χ3v) is 11.1. The van der Waals surface area contributed by atoms with Gasteiger partial charge in [-0.1, -0.05) is 0 Å². The minimum Gasteiger partial charge on any atom is -0.444 e. The summed E-state index contributed by atoms with van der Waals surface area (Å²) in [7, 11) is -0.744. The van der Waals surface area contributed by atoms with Crippen molar-refractivity contribution in [1.82, 2.24) is 0 Å². The topological polar surface area (TPSA) is 185 Å². The van der Waals surface area contributed by atoms with Crippen LogP contribution in [0.15, 0.2) is 24.3 Å². The molecule has 4 heterocycles. The van der Waals surface area contributed by atoms with Gasteiger partial charge in [-0.25, -0.2) is 27.2 Å². The molecule has 0 spiro atoms. The van der Waals surface area contributed by atoms with Gasteiger partial charge in [-0.2, -0.15) is 8.42 Å². The largest absolute Gasteiger partial charge is 0.444 e. The van der Waals surface area contributed by atoms with Crippen molar-refractivity contribution in [2.75, 3.05) is 99.2 Å². The molecule has 4 fully saturated rings. The fraction of sp³-hybridized carbons (Fsp3) is 0.605. The van der Waals surface area contributed by atoms with Crippen molar-refractivity contribution in [2.24, 2.45) is 0 Å². The summed E-state index contributed by atoms with van der Waals surface area (Å²) in [6, 6.07) is 4.27. The second-order valence-electron chi connectivity index (χ2n) is 15.3. The maximum absolute atomic E-state index is 14.8. The Balaban J connectivity index is 0.000000224. The number of piperidine rings is 2. The summed E-state index contributed by atoms with van der Waals surface area (Å²) in [4.78, 5) is 40.5. The molecular formula is C38H50F4N4O12S. The van der Waals surface area contributed by atoms with Crippen molar-refractivity contribution in [1.29, 1.82) is 0 Å². The number of amides is 2. The van der Waals surface area contributed by atoms with Gasteiger partial charge in [0.05, 0.1) is 55.1 Å². The van der Waals surface area contributed by atoms with Crippen LogP contribution in [0.2, 0.25) is 0 Å². The van der Waals surface area contributed by atoms with Gasteiger partial charge in [0.25, 0.3) is 10.1 Å². The van der Waals surface area contributed by atoms with Crippen molar-refractivity contribution in [3.63, 3.8) is 0 Å². The predicted octanol–water partition coefficient (Wildman–Crippen LogP) is 3.88. The first-order valence-electron chi connectivity index (χ1n) is 18.9. The van der Waals surface area contributed by atoms with E-state index >= 15 is 0 Å². The molecule has 21 heteroatoms. The molecule has 0 unspecified atom stereocenters. The smallest absolute Gasteiger partial charge is 0.414 e. The number of carbonyl (C=O) groups is 3. The van der Waals surface area contributed by atoms with E-state index in [1.54, 1.807) is 4.90 Å². The maximum Gasteiger partial charge on any atom is 0.414 e. The summed E-state index contributed by atoms with van der Waals surface area (Å²) < 4.78 is 106. The molecule has 2 N–H and O–H groups in total. The molecule has 0 saturated carbocycles. The quantitative estimate of drug-likeness (QED) is 0.206. The Labute approximate surface area is 339 Å². The molecule has 2 aromatic carbocycles. The van der Waals surface area contributed by atoms with Gasteiger partial charge in [0.1, 0.15) is 36.0 Å². The van der Waals surface area contributed by atoms with E-state index in [-0.39, 0.29) is 94.0 Å². The van der Waals surface area contributed by atoms with Crippen LogP contribution in [0.4, 0.5) is 49.9 Å². The van der Waals surface area contributed by atoms with Crippen LogP contribution in [0.1, 0.15) is 45.4 Å². The lowest BCUT2D eigenvalue weighted by Crippen LogP contribution is -2.47. The first kappa shape index (κ1) is 45.8. The summed E-state index contributed by atoms with van der Waals surface area (Å²) in [5.41, 5.74) is -2.40. The van der Waals surface area contributed by atoms with E-state index in [9.17, 15) is 50.6 Å². The van der Waals surface area contributed by atoms with Crippen LogP contribution in [0.25, 0.3) is 0 Å². The number of carbonyl (C=O) groups excluding carboxylic acids is 3. The van der Waals surface area contributed by atoms with Crippen LogP contribution in [-0.2, 0) is 38.0 Å². The number of hydrogen-bond acceptors (Lipinski definition) is 14. The number of ether oxygens (including phenoxy) is 4. The predicted molar refractivity (Wildman–Crippen MR) is 205 cm³/mol. The summed E-state index contributed by atoms with van der Waals surface area (Å²) in [6.07, 6.45) is -0.159. The summed E-state index contributed by atoms with van der Waals surface area (Å²) >= 11 is 0. The molecule has 328 valence electrons. The normalized spacial score (nSPS) is 21.6. The Morgan fingerprint density at radius 3 is 1.47 bits per heavy atom. The van der Waals surface area contributed by atoms with Crippen molar-refractivity contribution < 1.29 is 73.7 Å². The van der Waals surface area contributed by atoms with E-state index in [1.807, 2.05) is 0 Å². The molecule has 0 aliphatic carbocycles. The van der Waals surface area contributed by atoms with Crippen molar-refractivity contribution in [2.45, 2.75) is 68.9 Å². The molecular weight excluding hydrogens is 812 g/mol. The Morgan fingerprint density at radius 2 is 1.12 bits per heavy atom. The van der Waals surface area contributed by atoms with Crippen molar-refractivity contribution in [3.8, 4) is 0 Å². The SMILES string of the molecule is COCC1(O)CCN(c2c(F)cc(N3C[C@H](CCC(C)=O)OC3=O)cc2F)CC1.COCC1(O)CCN(c2c(F)cc(N3C[C@H](COS(C)(=O)=O)OC3=O)cc2F)CC1. The van der Waals surface area contributed by atoms with Crippen LogP contribution >= 0.6 is 0 Å². The lowest BCUT2D eigenvalue weighted by Gasteiger charge is -2.39. The zero-order chi connectivity index (χ0) is 43.3. The monoisotopic (exact) mass is 862 g/mol. The van der Waals surface area contributed by atoms with Gasteiger partial charge in [0, 0.05) is 71.1 Å². The number of hydrogen-bond donors (Lipinski definition) is 2. The summed E-state index contributed by atoms with van der Waals surface area (Å²) in [5.74, 6) is -3.29. The Hall–Kier alpha value is -4.28. The number of anilines is 4. The van der Waals surface area contributed by atoms with Gasteiger partial charge in [0.2, 0.25) is 0 Å². The van der Waals surface area contributed by atoms with E-state index in [1.165, 1.54) is 30.9 Å². The molecule has 16 nitrogen and oxygen atoms in total. The maximum atomic E-state index is 14.8. The summed E-state index contributed by atoms with van der Waals surface area (Å²) in [5, 5.41) is 20.7. The second-order valence-corrected chi connectivity index (χ2v) is 16.9. The highest BCUT2D eigenvalue weighted by atomic mass is 32.2. The zero-order valence-electron chi connectivity index (χ0n) is 33.3. The molecule has 2 atom stereocenters. The minimum absolute atomic E-state index is 0.0140. The average Bonchev–Trinajstić information content (AvgIpc) is 3.72. The highest BCUT2D eigenvalue weighted by molar-refractivity contribution is 7.85. The number of nitrogens with zero attached hydrogens (tertiary/aromatic N) is 4. The number of Topliss-reactive ketones (excluding diaryl/α,β-unsaturated/α-hetero) is 1. The lowest BCUT2D eigenvalue weighted by molar-refractivity contribution is -0.117. The lowest BCUT2D eigenvalue weighted by atomic mass is 9.92. The van der Waals surface area contributed by atoms with Gasteiger partial charge in [-0.15, -0.1) is 0 Å². The fourth-order valence-electron chi connectivity index (χ4n) is 7.40. The number of methoxy groups -OCH3 is 2. The molecule has 0 bridgehead atoms. The molecule has 6 rings (SSSR count). The fourth-order valence-corrected chi connectivity index (χ4v) is 7.80. The Bertz CT molecular complexity index is 1920. The van der Waals surface area contributed by atoms with Crippen LogP contribution in [0.3, 0.4) is 0 Å². The number of benzene rings is 2. The molecule has 0 radical (unpaired) electrons. The molecule has 0 aromatic heterocycles. The zero-order valence-corrected chi connectivity index (χ0v) is 34.1. The average molecular weight is 863 g/mol. The van der Waals surface area contributed by atoms with Gasteiger partial charge in [-0.05, 0) is 39.0 Å². The minimum atomic E-state index is -3.72. The highest BCUT2D eigenvalue weighted by Gasteiger charge is 2.38. The second kappa shape index (κ2) is 19.0. The molecule has 4 saturated heterocycles. The molecule has 59 heavy (non-hydrogen) atoms. The van der Waals surface area contributed by atoms with E-state index in [2.05, 4.69) is 4.18 Å². The van der Waals surface area contributed by atoms with Gasteiger partial charge < -0.3 is 43.8 Å². The Morgan fingerprint density at radius 1 is 0.746 bits per heavy atom. The molecule has 4 aliphatic rings. The molecule has 4 aliphatic heterocycles. The van der Waals surface area contributed by atoms with Crippen LogP contribution in [0, 0.1) is 23.3 Å². The number of ketones is 1. The summed E-state index contributed by atoms with van der Waals surface area (Å²) in [6.45, 7) is 2.46. The number of halogens is 4. The standard InChI is InChI=1S/C20H26F2N2O5.C18H24F2N2O7S/c1-13(25)3-4-15-11-24(19(26)29-15)14-9-16(21)18(17(22)10-14)23-7-5-20(27,6-8-23)12-28-2;1-27-11-18(24)3-5-21(6-4-18)16-14(19)7-12(8-15(16)20)22-9-13(29-17(22)23)10-28-30(2,25)26/h9-10,15,27H,3-8,11-12H2,1-2H3;7-8,13,24H,3-6,9-11H2,1-2H3/t15-;13-/m01/s1. The number of aliphatic hydroxyl groups is 2. The van der Waals surface area contributed by atoms with E-state index in [4.69, 9.17) is 18.9 Å². The van der Waals surface area contributed by atoms with Gasteiger partial charge >= 0.3 is 12.2 Å². The van der Waals surface area contributed by atoms with Gasteiger partial charge in [0.15, 0.2) is 23.3 Å². The van der Waals surface area contributed by atoms with Gasteiger partial charge in [-0.3, -0.25) is 14.0 Å². The first-order valence-corrected chi connectivity index (χ1v) is 20.8. The van der Waals surface area contributed by atoms with Crippen molar-refractivity contribution >= 4 is 50.8 Å². The van der Waals surface area contributed by atoms with E-state index in [0.717, 1.165) is 35.4 Å². The molecule has 2 aromatic rings. The van der Waals surface area contributed by atoms with E-state index < -0.39 is 69.0 Å². The highest BCUT2D eigenvalue weighted by Crippen LogP contribution is 2.36. The van der Waals surface area contributed by atoms with Crippen LogP contribution in [-0.4, -0.2) is 140 Å². The molecule has 2 amide bonds. The van der Waals surface area contributed by atoms with Crippen LogP contribution in [0.5, 0.6) is 0 Å².